The molecule has 1 nitrogen and oxygen atoms in total. The first-order valence-corrected chi connectivity index (χ1v) is 11.3. The van der Waals surface area contributed by atoms with E-state index in [1.54, 1.807) is 0 Å². The van der Waals surface area contributed by atoms with Crippen LogP contribution in [0.2, 0.25) is 0 Å². The number of hydrogen-bond acceptors (Lipinski definition) is 1. The molecule has 0 unspecified atom stereocenters. The molecule has 1 rings (SSSR count). The first-order chi connectivity index (χ1) is 12.8. The van der Waals surface area contributed by atoms with Gasteiger partial charge in [-0.1, -0.05) is 121 Å². The molecule has 0 aliphatic rings. The van der Waals surface area contributed by atoms with Crippen molar-refractivity contribution in [1.29, 1.82) is 0 Å². The van der Waals surface area contributed by atoms with Crippen molar-refractivity contribution in [3.63, 3.8) is 0 Å². The van der Waals surface area contributed by atoms with Crippen LogP contribution in [0.4, 0.5) is 0 Å². The quantitative estimate of drug-likeness (QED) is 0.497. The summed E-state index contributed by atoms with van der Waals surface area (Å²) in [5, 5.41) is 10.6. The molecule has 0 aliphatic carbocycles. The largest absolute Gasteiger partial charge is 0.507 e. The third-order valence-electron chi connectivity index (χ3n) is 4.41. The highest BCUT2D eigenvalue weighted by atomic mass is 16.3. The summed E-state index contributed by atoms with van der Waals surface area (Å²) in [6.45, 7) is 34.1. The minimum atomic E-state index is -0.0328. The summed E-state index contributed by atoms with van der Waals surface area (Å²) in [5.41, 5.74) is 5.19. The van der Waals surface area contributed by atoms with E-state index in [9.17, 15) is 5.11 Å². The topological polar surface area (TPSA) is 20.2 Å². The smallest absolute Gasteiger partial charge is 0.123 e. The Morgan fingerprint density at radius 3 is 1.21 bits per heavy atom. The molecule has 1 aromatic carbocycles. The molecule has 1 heteroatoms. The zero-order valence-corrected chi connectivity index (χ0v) is 22.3. The molecule has 0 spiro atoms. The van der Waals surface area contributed by atoms with Gasteiger partial charge < -0.3 is 5.11 Å². The maximum atomic E-state index is 10.6. The lowest BCUT2D eigenvalue weighted by Gasteiger charge is -2.29. The van der Waals surface area contributed by atoms with Crippen LogP contribution in [0.5, 0.6) is 5.75 Å². The second-order valence-corrected chi connectivity index (χ2v) is 12.1. The van der Waals surface area contributed by atoms with Crippen LogP contribution in [0.15, 0.2) is 24.3 Å². The molecule has 1 aromatic rings. The lowest BCUT2D eigenvalue weighted by atomic mass is 9.77. The molecule has 0 bridgehead atoms. The van der Waals surface area contributed by atoms with Gasteiger partial charge in [-0.2, -0.15) is 0 Å². The maximum Gasteiger partial charge on any atom is 0.123 e. The summed E-state index contributed by atoms with van der Waals surface area (Å²) in [4.78, 5) is 0. The van der Waals surface area contributed by atoms with Gasteiger partial charge >= 0.3 is 0 Å². The van der Waals surface area contributed by atoms with Crippen molar-refractivity contribution in [1.82, 2.24) is 0 Å². The number of rotatable bonds is 3. The minimum Gasteiger partial charge on any atom is -0.507 e. The molecule has 0 heterocycles. The van der Waals surface area contributed by atoms with Crippen LogP contribution in [0.1, 0.15) is 132 Å². The van der Waals surface area contributed by atoms with E-state index in [2.05, 4.69) is 116 Å². The number of allylic oxidation sites excluding steroid dienone is 1. The summed E-state index contributed by atoms with van der Waals surface area (Å²) in [6, 6.07) is 4.32. The number of phenols is 1. The van der Waals surface area contributed by atoms with Crippen LogP contribution in [-0.4, -0.2) is 5.11 Å². The van der Waals surface area contributed by atoms with E-state index in [0.717, 1.165) is 24.0 Å². The van der Waals surface area contributed by atoms with E-state index in [1.807, 2.05) is 0 Å². The molecular formula is C28H52O. The average Bonchev–Trinajstić information content (AvgIpc) is 2.50. The Morgan fingerprint density at radius 2 is 1.07 bits per heavy atom. The van der Waals surface area contributed by atoms with Gasteiger partial charge in [-0.25, -0.2) is 0 Å². The van der Waals surface area contributed by atoms with Crippen molar-refractivity contribution in [2.24, 2.45) is 5.41 Å². The summed E-state index contributed by atoms with van der Waals surface area (Å²) >= 11 is 0. The molecule has 0 amide bonds. The van der Waals surface area contributed by atoms with Crippen molar-refractivity contribution in [2.45, 2.75) is 127 Å². The van der Waals surface area contributed by atoms with Gasteiger partial charge in [0.2, 0.25) is 0 Å². The van der Waals surface area contributed by atoms with Gasteiger partial charge in [0, 0.05) is 0 Å². The Morgan fingerprint density at radius 1 is 0.793 bits per heavy atom. The van der Waals surface area contributed by atoms with Crippen LogP contribution < -0.4 is 0 Å². The lowest BCUT2D eigenvalue weighted by molar-refractivity contribution is 0.422. The van der Waals surface area contributed by atoms with Gasteiger partial charge in [0.25, 0.3) is 0 Å². The molecule has 0 radical (unpaired) electrons. The predicted molar refractivity (Wildman–Crippen MR) is 134 cm³/mol. The van der Waals surface area contributed by atoms with Crippen LogP contribution in [0.25, 0.3) is 0 Å². The number of aromatic hydroxyl groups is 1. The molecule has 0 atom stereocenters. The van der Waals surface area contributed by atoms with Crippen molar-refractivity contribution < 1.29 is 5.11 Å². The maximum absolute atomic E-state index is 10.6. The Hall–Kier alpha value is -1.24. The molecular weight excluding hydrogens is 352 g/mol. The van der Waals surface area contributed by atoms with Crippen molar-refractivity contribution in [3.8, 4) is 5.75 Å². The summed E-state index contributed by atoms with van der Waals surface area (Å²) in [5.74, 6) is 0.951. The highest BCUT2D eigenvalue weighted by Gasteiger charge is 2.26. The Bertz CT molecular complexity index is 566. The van der Waals surface area contributed by atoms with Crippen LogP contribution in [0.3, 0.4) is 0 Å². The van der Waals surface area contributed by atoms with Gasteiger partial charge in [0.1, 0.15) is 5.75 Å². The average molecular weight is 405 g/mol. The number of phenolic OH excluding ortho intramolecular Hbond substituents is 1. The molecule has 1 N–H and O–H groups in total. The first-order valence-electron chi connectivity index (χ1n) is 11.3. The Labute approximate surface area is 184 Å². The highest BCUT2D eigenvalue weighted by molar-refractivity contribution is 5.50. The normalized spacial score (nSPS) is 12.0. The third kappa shape index (κ3) is 13.6. The zero-order valence-electron chi connectivity index (χ0n) is 22.3. The number of hydrogen-bond donors (Lipinski definition) is 1. The highest BCUT2D eigenvalue weighted by Crippen LogP contribution is 2.40. The summed E-state index contributed by atoms with van der Waals surface area (Å²) in [7, 11) is 0. The monoisotopic (exact) mass is 404 g/mol. The summed E-state index contributed by atoms with van der Waals surface area (Å²) in [6.07, 6.45) is 2.27. The third-order valence-corrected chi connectivity index (χ3v) is 4.41. The van der Waals surface area contributed by atoms with E-state index in [0.29, 0.717) is 17.1 Å². The fourth-order valence-corrected chi connectivity index (χ4v) is 2.38. The molecule has 0 aliphatic heterocycles. The van der Waals surface area contributed by atoms with E-state index in [1.165, 1.54) is 11.1 Å². The molecule has 0 fully saturated rings. The predicted octanol–water partition coefficient (Wildman–Crippen LogP) is 9.53. The van der Waals surface area contributed by atoms with Crippen LogP contribution in [0, 0.1) is 5.41 Å². The van der Waals surface area contributed by atoms with Crippen molar-refractivity contribution >= 4 is 0 Å². The fraction of sp³-hybridized carbons (Fsp3) is 0.714. The SMILES string of the molecule is C=C(CC)CC.CC(C)(C)C.CC(C)c1cc(C(C)(C)C)c(O)c(C(C)(C)C)c1. The fourth-order valence-electron chi connectivity index (χ4n) is 2.38. The van der Waals surface area contributed by atoms with E-state index in [-0.39, 0.29) is 10.8 Å². The summed E-state index contributed by atoms with van der Waals surface area (Å²) < 4.78 is 0. The minimum absolute atomic E-state index is 0.0328. The standard InChI is InChI=1S/C17H28O.C6H12.C5H12/c1-11(2)12-9-13(16(3,4)5)15(18)14(10-12)17(6,7)8;1-4-6(3)5-2;1-5(2,3)4/h9-11,18H,1-8H3;3-5H2,1-2H3;1-4H3. The number of benzene rings is 1. The first kappa shape index (κ1) is 30.0. The molecule has 0 aromatic heterocycles. The van der Waals surface area contributed by atoms with Gasteiger partial charge in [-0.05, 0) is 51.7 Å². The molecule has 29 heavy (non-hydrogen) atoms. The second kappa shape index (κ2) is 11.8. The zero-order chi connectivity index (χ0) is 23.8. The van der Waals surface area contributed by atoms with Gasteiger partial charge in [0.15, 0.2) is 0 Å². The van der Waals surface area contributed by atoms with Crippen LogP contribution >= 0.6 is 0 Å². The van der Waals surface area contributed by atoms with Crippen molar-refractivity contribution in [2.75, 3.05) is 0 Å². The molecule has 0 saturated carbocycles. The van der Waals surface area contributed by atoms with Crippen LogP contribution in [-0.2, 0) is 10.8 Å². The second-order valence-electron chi connectivity index (χ2n) is 12.1. The van der Waals surface area contributed by atoms with E-state index in [4.69, 9.17) is 0 Å². The van der Waals surface area contributed by atoms with E-state index >= 15 is 0 Å². The Kier molecular flexibility index (Phi) is 12.2. The Balaban J connectivity index is 0. The molecule has 170 valence electrons. The van der Waals surface area contributed by atoms with Gasteiger partial charge in [-0.15, -0.1) is 0 Å². The van der Waals surface area contributed by atoms with Crippen molar-refractivity contribution in [3.05, 3.63) is 41.0 Å². The van der Waals surface area contributed by atoms with Gasteiger partial charge in [0.05, 0.1) is 0 Å². The van der Waals surface area contributed by atoms with Gasteiger partial charge in [-0.3, -0.25) is 0 Å². The van der Waals surface area contributed by atoms with E-state index < -0.39 is 0 Å². The lowest BCUT2D eigenvalue weighted by Crippen LogP contribution is -2.18. The molecule has 0 saturated heterocycles.